The Morgan fingerprint density at radius 2 is 1.76 bits per heavy atom. The zero-order valence-electron chi connectivity index (χ0n) is 21.4. The largest absolute Gasteiger partial charge is 0.489 e. The summed E-state index contributed by atoms with van der Waals surface area (Å²) in [6.45, 7) is 6.62. The van der Waals surface area contributed by atoms with Crippen molar-refractivity contribution in [2.75, 3.05) is 11.1 Å². The lowest BCUT2D eigenvalue weighted by Gasteiger charge is -2.18. The number of hydrogen-bond donors (Lipinski definition) is 2. The van der Waals surface area contributed by atoms with Gasteiger partial charge >= 0.3 is 0 Å². The van der Waals surface area contributed by atoms with Crippen molar-refractivity contribution in [3.63, 3.8) is 0 Å². The Hall–Kier alpha value is -4.17. The Morgan fingerprint density at radius 3 is 2.53 bits per heavy atom. The molecule has 6 nitrogen and oxygen atoms in total. The topological polar surface area (TPSA) is 86.0 Å². The average Bonchev–Trinajstić information content (AvgIpc) is 2.89. The fraction of sp³-hybridized carbons (Fsp3) is 0.167. The maximum Gasteiger partial charge on any atom is 0.164 e. The van der Waals surface area contributed by atoms with Gasteiger partial charge in [0, 0.05) is 32.7 Å². The number of nitrogen functional groups attached to an aromatic ring is 1. The molecule has 3 aromatic carbocycles. The Morgan fingerprint density at radius 1 is 0.947 bits per heavy atom. The first-order chi connectivity index (χ1) is 18.2. The molecule has 3 N–H and O–H groups in total. The number of aromatic nitrogens is 3. The van der Waals surface area contributed by atoms with Crippen molar-refractivity contribution >= 4 is 40.0 Å². The molecule has 0 saturated carbocycles. The van der Waals surface area contributed by atoms with Gasteiger partial charge in [0.05, 0.1) is 11.1 Å². The number of nitrogens with one attached hydrogen (secondary N) is 1. The number of pyridine rings is 1. The smallest absolute Gasteiger partial charge is 0.164 e. The molecule has 0 fully saturated rings. The van der Waals surface area contributed by atoms with Gasteiger partial charge in [-0.15, -0.1) is 0 Å². The van der Waals surface area contributed by atoms with Gasteiger partial charge in [-0.2, -0.15) is 0 Å². The van der Waals surface area contributed by atoms with Gasteiger partial charge in [-0.1, -0.05) is 44.7 Å². The van der Waals surface area contributed by atoms with Crippen molar-refractivity contribution in [3.8, 4) is 5.75 Å². The summed E-state index contributed by atoms with van der Waals surface area (Å²) in [6, 6.07) is 23.9. The number of anilines is 3. The minimum absolute atomic E-state index is 0.0943. The number of nitrogens with zero attached hydrogens (tertiary/aromatic N) is 3. The van der Waals surface area contributed by atoms with E-state index in [4.69, 9.17) is 15.5 Å². The molecule has 2 heterocycles. The number of hydrogen-bond acceptors (Lipinski definition) is 7. The van der Waals surface area contributed by atoms with E-state index in [0.29, 0.717) is 22.9 Å². The van der Waals surface area contributed by atoms with Crippen LogP contribution in [0.2, 0.25) is 0 Å². The molecule has 0 amide bonds. The molecule has 5 aromatic rings. The molecule has 2 aromatic heterocycles. The van der Waals surface area contributed by atoms with E-state index < -0.39 is 0 Å². The van der Waals surface area contributed by atoms with Crippen molar-refractivity contribution in [2.24, 2.45) is 0 Å². The highest BCUT2D eigenvalue weighted by molar-refractivity contribution is 7.99. The molecular formula is C30H28FN5OS. The van der Waals surface area contributed by atoms with Gasteiger partial charge in [-0.05, 0) is 66.2 Å². The first-order valence-corrected chi connectivity index (χ1v) is 13.0. The summed E-state index contributed by atoms with van der Waals surface area (Å²) in [5, 5.41) is 4.29. The normalized spacial score (nSPS) is 11.5. The summed E-state index contributed by atoms with van der Waals surface area (Å²) >= 11 is 1.60. The van der Waals surface area contributed by atoms with Crippen LogP contribution < -0.4 is 15.8 Å². The molecule has 8 heteroatoms. The summed E-state index contributed by atoms with van der Waals surface area (Å²) in [5.74, 6) is 0.997. The van der Waals surface area contributed by atoms with Crippen molar-refractivity contribution in [3.05, 3.63) is 102 Å². The minimum atomic E-state index is -0.289. The molecule has 0 unspecified atom stereocenters. The highest BCUT2D eigenvalue weighted by atomic mass is 32.2. The van der Waals surface area contributed by atoms with Crippen LogP contribution in [0.25, 0.3) is 11.0 Å². The number of ether oxygens (including phenoxy) is 1. The predicted octanol–water partition coefficient (Wildman–Crippen LogP) is 7.52. The third-order valence-corrected chi connectivity index (χ3v) is 6.96. The van der Waals surface area contributed by atoms with Crippen LogP contribution in [0.1, 0.15) is 32.0 Å². The summed E-state index contributed by atoms with van der Waals surface area (Å²) in [4.78, 5) is 15.7. The van der Waals surface area contributed by atoms with E-state index in [1.807, 2.05) is 60.7 Å². The SMILES string of the molecule is CC(C)(C)c1ccc2c(Nc3cc(OCc4cccc(F)c4)ccc3Sc3ccc(N)cc3)ncnc2n1. The number of nitrogens with two attached hydrogens (primary N) is 1. The van der Waals surface area contributed by atoms with Crippen molar-refractivity contribution in [1.82, 2.24) is 15.0 Å². The van der Waals surface area contributed by atoms with Crippen LogP contribution in [0.5, 0.6) is 5.75 Å². The fourth-order valence-corrected chi connectivity index (χ4v) is 4.71. The lowest BCUT2D eigenvalue weighted by molar-refractivity contribution is 0.305. The molecule has 0 atom stereocenters. The Bertz CT molecular complexity index is 1580. The fourth-order valence-electron chi connectivity index (χ4n) is 3.83. The van der Waals surface area contributed by atoms with Crippen LogP contribution in [0.15, 0.2) is 95.0 Å². The van der Waals surface area contributed by atoms with Crippen LogP contribution in [0.3, 0.4) is 0 Å². The molecule has 0 aliphatic heterocycles. The first kappa shape index (κ1) is 25.5. The highest BCUT2D eigenvalue weighted by Crippen LogP contribution is 2.38. The Balaban J connectivity index is 1.48. The summed E-state index contributed by atoms with van der Waals surface area (Å²) in [6.07, 6.45) is 1.52. The van der Waals surface area contributed by atoms with Crippen LogP contribution in [-0.4, -0.2) is 15.0 Å². The van der Waals surface area contributed by atoms with E-state index in [0.717, 1.165) is 32.1 Å². The highest BCUT2D eigenvalue weighted by Gasteiger charge is 2.17. The van der Waals surface area contributed by atoms with E-state index in [2.05, 4.69) is 36.1 Å². The van der Waals surface area contributed by atoms with E-state index >= 15 is 0 Å². The van der Waals surface area contributed by atoms with Gasteiger partial charge in [0.15, 0.2) is 5.65 Å². The first-order valence-electron chi connectivity index (χ1n) is 12.2. The minimum Gasteiger partial charge on any atom is -0.489 e. The molecular weight excluding hydrogens is 497 g/mol. The van der Waals surface area contributed by atoms with Gasteiger partial charge in [-0.25, -0.2) is 19.3 Å². The van der Waals surface area contributed by atoms with Crippen LogP contribution in [0.4, 0.5) is 21.6 Å². The Kier molecular flexibility index (Phi) is 7.15. The number of benzene rings is 3. The van der Waals surface area contributed by atoms with Gasteiger partial charge in [0.2, 0.25) is 0 Å². The van der Waals surface area contributed by atoms with Crippen molar-refractivity contribution in [2.45, 2.75) is 42.6 Å². The second-order valence-corrected chi connectivity index (χ2v) is 11.0. The van der Waals surface area contributed by atoms with E-state index in [1.165, 1.54) is 18.5 Å². The lowest BCUT2D eigenvalue weighted by atomic mass is 9.91. The zero-order valence-corrected chi connectivity index (χ0v) is 22.2. The molecule has 0 spiro atoms. The van der Waals surface area contributed by atoms with E-state index in [9.17, 15) is 4.39 Å². The van der Waals surface area contributed by atoms with Crippen molar-refractivity contribution in [1.29, 1.82) is 0 Å². The van der Waals surface area contributed by atoms with E-state index in [1.54, 1.807) is 17.8 Å². The maximum absolute atomic E-state index is 13.6. The number of halogens is 1. The summed E-state index contributed by atoms with van der Waals surface area (Å²) in [5.41, 5.74) is 9.64. The van der Waals surface area contributed by atoms with Gasteiger partial charge in [0.1, 0.15) is 30.3 Å². The second-order valence-electron chi connectivity index (χ2n) is 9.91. The van der Waals surface area contributed by atoms with Crippen molar-refractivity contribution < 1.29 is 9.13 Å². The molecule has 0 saturated heterocycles. The molecule has 38 heavy (non-hydrogen) atoms. The lowest BCUT2D eigenvalue weighted by Crippen LogP contribution is -2.13. The molecule has 0 radical (unpaired) electrons. The quantitative estimate of drug-likeness (QED) is 0.213. The Labute approximate surface area is 225 Å². The van der Waals surface area contributed by atoms with Gasteiger partial charge in [-0.3, -0.25) is 0 Å². The monoisotopic (exact) mass is 525 g/mol. The molecule has 5 rings (SSSR count). The molecule has 0 aliphatic carbocycles. The van der Waals surface area contributed by atoms with Gasteiger partial charge < -0.3 is 15.8 Å². The average molecular weight is 526 g/mol. The van der Waals surface area contributed by atoms with Crippen LogP contribution in [-0.2, 0) is 12.0 Å². The second kappa shape index (κ2) is 10.7. The number of fused-ring (bicyclic) bond motifs is 1. The maximum atomic E-state index is 13.6. The standard InChI is InChI=1S/C30H28FN5OS/c1-30(2,3)27-14-12-24-28(33-18-34-29(24)36-27)35-25-16-22(37-17-19-5-4-6-20(31)15-19)9-13-26(25)38-23-10-7-21(32)8-11-23/h4-16,18H,17,32H2,1-3H3,(H,33,34,35,36). The molecule has 0 aliphatic rings. The predicted molar refractivity (Wildman–Crippen MR) is 151 cm³/mol. The van der Waals surface area contributed by atoms with Gasteiger partial charge in [0.25, 0.3) is 0 Å². The summed E-state index contributed by atoms with van der Waals surface area (Å²) in [7, 11) is 0. The van der Waals surface area contributed by atoms with Crippen LogP contribution >= 0.6 is 11.8 Å². The van der Waals surface area contributed by atoms with Crippen LogP contribution in [0, 0.1) is 5.82 Å². The third kappa shape index (κ3) is 6.03. The third-order valence-electron chi connectivity index (χ3n) is 5.87. The molecule has 192 valence electrons. The zero-order chi connectivity index (χ0) is 26.7. The van der Waals surface area contributed by atoms with E-state index in [-0.39, 0.29) is 17.8 Å². The summed E-state index contributed by atoms with van der Waals surface area (Å²) < 4.78 is 19.6. The number of rotatable bonds is 7. The molecule has 0 bridgehead atoms.